The number of aromatic nitrogens is 1. The Kier molecular flexibility index (Phi) is 7.50. The van der Waals surface area contributed by atoms with Crippen LogP contribution in [-0.4, -0.2) is 41.3 Å². The van der Waals surface area contributed by atoms with E-state index >= 15 is 0 Å². The molecule has 7 nitrogen and oxygen atoms in total. The van der Waals surface area contributed by atoms with Crippen molar-refractivity contribution < 1.29 is 23.4 Å². The Morgan fingerprint density at radius 3 is 2.62 bits per heavy atom. The van der Waals surface area contributed by atoms with E-state index in [0.29, 0.717) is 18.0 Å². The fourth-order valence-electron chi connectivity index (χ4n) is 3.54. The van der Waals surface area contributed by atoms with Crippen LogP contribution in [0.3, 0.4) is 0 Å². The zero-order chi connectivity index (χ0) is 23.3. The number of hydrogen-bond acceptors (Lipinski definition) is 6. The summed E-state index contributed by atoms with van der Waals surface area (Å²) in [6.07, 6.45) is 7.72. The van der Waals surface area contributed by atoms with Crippen molar-refractivity contribution in [2.24, 2.45) is 5.92 Å². The van der Waals surface area contributed by atoms with Gasteiger partial charge in [0.15, 0.2) is 6.29 Å². The van der Waals surface area contributed by atoms with Crippen LogP contribution in [0, 0.1) is 5.92 Å². The first-order chi connectivity index (χ1) is 15.3. The smallest absolute Gasteiger partial charge is 0.267 e. The van der Waals surface area contributed by atoms with E-state index in [1.165, 1.54) is 11.4 Å². The van der Waals surface area contributed by atoms with Crippen molar-refractivity contribution in [2.45, 2.75) is 37.9 Å². The van der Waals surface area contributed by atoms with Crippen molar-refractivity contribution in [1.29, 1.82) is 0 Å². The van der Waals surface area contributed by atoms with E-state index in [9.17, 15) is 18.6 Å². The van der Waals surface area contributed by atoms with Crippen molar-refractivity contribution in [3.63, 3.8) is 0 Å². The maximum atomic E-state index is 13.6. The highest BCUT2D eigenvalue weighted by molar-refractivity contribution is 7.89. The number of hydrogen-bond donors (Lipinski definition) is 2. The molecule has 0 spiro atoms. The number of nitrogens with zero attached hydrogens (tertiary/aromatic N) is 2. The summed E-state index contributed by atoms with van der Waals surface area (Å²) in [7, 11) is -2.35. The molecule has 2 heterocycles. The van der Waals surface area contributed by atoms with Crippen LogP contribution in [0.1, 0.15) is 26.7 Å². The molecule has 2 aromatic rings. The summed E-state index contributed by atoms with van der Waals surface area (Å²) in [5.41, 5.74) is 2.94. The van der Waals surface area contributed by atoms with Crippen molar-refractivity contribution in [3.05, 3.63) is 78.3 Å². The average Bonchev–Trinajstić information content (AvgIpc) is 3.12. The summed E-state index contributed by atoms with van der Waals surface area (Å²) in [6.45, 7) is 3.78. The zero-order valence-corrected chi connectivity index (χ0v) is 19.2. The molecule has 0 saturated carbocycles. The molecule has 0 radical (unpaired) electrons. The second-order valence-electron chi connectivity index (χ2n) is 7.48. The predicted octanol–water partition coefficient (Wildman–Crippen LogP) is 3.83. The van der Waals surface area contributed by atoms with Crippen LogP contribution in [-0.2, 0) is 10.0 Å². The molecule has 1 atom stereocenters. The molecule has 170 valence electrons. The number of pyridine rings is 1. The molecule has 1 aromatic carbocycles. The van der Waals surface area contributed by atoms with E-state index in [0.717, 1.165) is 16.7 Å². The van der Waals surface area contributed by atoms with Crippen LogP contribution in [0.15, 0.2) is 83.2 Å². The van der Waals surface area contributed by atoms with E-state index in [4.69, 9.17) is 4.74 Å². The minimum Gasteiger partial charge on any atom is -0.481 e. The molecule has 0 bridgehead atoms. The van der Waals surface area contributed by atoms with E-state index in [2.05, 4.69) is 4.98 Å². The van der Waals surface area contributed by atoms with Gasteiger partial charge in [-0.05, 0) is 48.8 Å². The lowest BCUT2D eigenvalue weighted by atomic mass is 9.97. The molecule has 1 unspecified atom stereocenters. The minimum atomic E-state index is -3.88. The molecule has 0 saturated heterocycles. The number of sulfonamides is 1. The van der Waals surface area contributed by atoms with Crippen LogP contribution in [0.4, 0.5) is 0 Å². The maximum Gasteiger partial charge on any atom is 0.267 e. The summed E-state index contributed by atoms with van der Waals surface area (Å²) < 4.78 is 33.6. The molecule has 1 aliphatic heterocycles. The normalized spacial score (nSPS) is 18.1. The summed E-state index contributed by atoms with van der Waals surface area (Å²) in [4.78, 5) is 4.35. The predicted molar refractivity (Wildman–Crippen MR) is 123 cm³/mol. The molecule has 32 heavy (non-hydrogen) atoms. The SMILES string of the molecule is C/C=C\C=C1/C(C)C(CCC(O)O)=CN1S(=O)(=O)c1cccc(-c2ccc(OC)nc2)c1. The summed E-state index contributed by atoms with van der Waals surface area (Å²) in [5, 5.41) is 18.5. The monoisotopic (exact) mass is 456 g/mol. The third-order valence-electron chi connectivity index (χ3n) is 5.36. The molecule has 0 aliphatic carbocycles. The highest BCUT2D eigenvalue weighted by Gasteiger charge is 2.34. The lowest BCUT2D eigenvalue weighted by Crippen LogP contribution is -2.24. The molecule has 1 aliphatic rings. The fourth-order valence-corrected chi connectivity index (χ4v) is 5.06. The minimum absolute atomic E-state index is 0.140. The Bertz CT molecular complexity index is 1140. The number of benzene rings is 1. The summed E-state index contributed by atoms with van der Waals surface area (Å²) in [6, 6.07) is 10.3. The Balaban J connectivity index is 2.00. The topological polar surface area (TPSA) is 100.0 Å². The summed E-state index contributed by atoms with van der Waals surface area (Å²) in [5.74, 6) is 0.307. The van der Waals surface area contributed by atoms with Gasteiger partial charge in [0, 0.05) is 42.1 Å². The third-order valence-corrected chi connectivity index (χ3v) is 7.04. The van der Waals surface area contributed by atoms with Crippen LogP contribution in [0.5, 0.6) is 5.88 Å². The Hall–Kier alpha value is -2.94. The molecule has 0 fully saturated rings. The van der Waals surface area contributed by atoms with Gasteiger partial charge in [-0.2, -0.15) is 0 Å². The number of allylic oxidation sites excluding steroid dienone is 4. The number of aliphatic hydroxyl groups excluding tert-OH is 1. The molecule has 8 heteroatoms. The second kappa shape index (κ2) is 10.1. The molecule has 0 amide bonds. The maximum absolute atomic E-state index is 13.6. The van der Waals surface area contributed by atoms with Gasteiger partial charge in [-0.25, -0.2) is 17.7 Å². The van der Waals surface area contributed by atoms with Crippen LogP contribution in [0.2, 0.25) is 0 Å². The van der Waals surface area contributed by atoms with Gasteiger partial charge >= 0.3 is 0 Å². The van der Waals surface area contributed by atoms with Gasteiger partial charge in [0.1, 0.15) is 0 Å². The molecule has 3 rings (SSSR count). The van der Waals surface area contributed by atoms with E-state index in [-0.39, 0.29) is 17.2 Å². The first-order valence-electron chi connectivity index (χ1n) is 10.3. The summed E-state index contributed by atoms with van der Waals surface area (Å²) >= 11 is 0. The number of methoxy groups -OCH3 is 1. The van der Waals surface area contributed by atoms with E-state index < -0.39 is 16.3 Å². The highest BCUT2D eigenvalue weighted by atomic mass is 32.2. The second-order valence-corrected chi connectivity index (χ2v) is 9.30. The number of ether oxygens (including phenoxy) is 1. The first kappa shape index (κ1) is 23.7. The molecule has 2 N–H and O–H groups in total. The van der Waals surface area contributed by atoms with Crippen LogP contribution in [0.25, 0.3) is 11.1 Å². The lowest BCUT2D eigenvalue weighted by molar-refractivity contribution is -0.0448. The van der Waals surface area contributed by atoms with Crippen molar-refractivity contribution in [1.82, 2.24) is 9.29 Å². The van der Waals surface area contributed by atoms with Crippen LogP contribution < -0.4 is 4.74 Å². The van der Waals surface area contributed by atoms with Gasteiger partial charge in [0.2, 0.25) is 5.88 Å². The van der Waals surface area contributed by atoms with Crippen molar-refractivity contribution >= 4 is 10.0 Å². The lowest BCUT2D eigenvalue weighted by Gasteiger charge is -2.21. The van der Waals surface area contributed by atoms with Crippen LogP contribution >= 0.6 is 0 Å². The van der Waals surface area contributed by atoms with E-state index in [1.54, 1.807) is 48.8 Å². The average molecular weight is 457 g/mol. The Morgan fingerprint density at radius 1 is 1.22 bits per heavy atom. The van der Waals surface area contributed by atoms with Gasteiger partial charge in [-0.1, -0.05) is 31.2 Å². The first-order valence-corrected chi connectivity index (χ1v) is 11.8. The molecule has 1 aromatic heterocycles. The third kappa shape index (κ3) is 5.09. The molecular weight excluding hydrogens is 428 g/mol. The number of aliphatic hydroxyl groups is 2. The van der Waals surface area contributed by atoms with Gasteiger partial charge in [-0.15, -0.1) is 0 Å². The zero-order valence-electron chi connectivity index (χ0n) is 18.3. The van der Waals surface area contributed by atoms with Crippen molar-refractivity contribution in [2.75, 3.05) is 7.11 Å². The standard InChI is InChI=1S/C24H28N2O5S/c1-4-5-9-22-17(2)20(11-13-24(27)28)16-26(22)32(29,30)21-8-6-7-18(14-21)19-10-12-23(31-3)25-15-19/h4-10,12,14-17,24,27-28H,11,13H2,1-3H3/b5-4-,22-9+. The van der Waals surface area contributed by atoms with Gasteiger partial charge in [-0.3, -0.25) is 0 Å². The van der Waals surface area contributed by atoms with Gasteiger partial charge in [0.05, 0.1) is 12.0 Å². The van der Waals surface area contributed by atoms with Crippen molar-refractivity contribution in [3.8, 4) is 17.0 Å². The Labute approximate surface area is 189 Å². The number of rotatable bonds is 8. The highest BCUT2D eigenvalue weighted by Crippen LogP contribution is 2.38. The largest absolute Gasteiger partial charge is 0.481 e. The molecular formula is C24H28N2O5S. The van der Waals surface area contributed by atoms with Gasteiger partial charge in [0.25, 0.3) is 10.0 Å². The van der Waals surface area contributed by atoms with E-state index in [1.807, 2.05) is 32.1 Å². The van der Waals surface area contributed by atoms with Gasteiger partial charge < -0.3 is 14.9 Å². The fraction of sp³-hybridized carbons (Fsp3) is 0.292. The quantitative estimate of drug-likeness (QED) is 0.586. The Morgan fingerprint density at radius 2 is 2.00 bits per heavy atom.